The second-order valence-corrected chi connectivity index (χ2v) is 9.80. The number of hydrogen-bond acceptors (Lipinski definition) is 8. The minimum Gasteiger partial charge on any atom is -0.494 e. The predicted molar refractivity (Wildman–Crippen MR) is 147 cm³/mol. The second kappa shape index (κ2) is 11.6. The summed E-state index contributed by atoms with van der Waals surface area (Å²) in [5.74, 6) is -0.408. The molecule has 0 spiro atoms. The van der Waals surface area contributed by atoms with E-state index in [1.54, 1.807) is 11.6 Å². The van der Waals surface area contributed by atoms with Gasteiger partial charge in [-0.05, 0) is 33.6 Å². The van der Waals surface area contributed by atoms with Gasteiger partial charge in [0.25, 0.3) is 0 Å². The number of carbonyl (C=O) groups excluding carboxylic acids is 1. The first-order chi connectivity index (χ1) is 19.3. The van der Waals surface area contributed by atoms with Crippen LogP contribution in [-0.4, -0.2) is 65.2 Å². The number of nitrogens with one attached hydrogen (secondary N) is 2. The molecule has 40 heavy (non-hydrogen) atoms. The summed E-state index contributed by atoms with van der Waals surface area (Å²) in [6.07, 6.45) is 1.90. The third-order valence-corrected chi connectivity index (χ3v) is 6.96. The van der Waals surface area contributed by atoms with Crippen LogP contribution in [0.3, 0.4) is 0 Å². The first-order valence-corrected chi connectivity index (χ1v) is 13.5. The number of anilines is 3. The molecule has 4 N–H and O–H groups in total. The van der Waals surface area contributed by atoms with Crippen LogP contribution in [0.1, 0.15) is 49.4 Å². The first-order valence-electron chi connectivity index (χ1n) is 13.5. The number of rotatable bonds is 9. The maximum Gasteiger partial charge on any atom is 0.320 e. The smallest absolute Gasteiger partial charge is 0.320 e. The van der Waals surface area contributed by atoms with Gasteiger partial charge in [-0.1, -0.05) is 0 Å². The lowest BCUT2D eigenvalue weighted by Gasteiger charge is -2.30. The third-order valence-electron chi connectivity index (χ3n) is 6.96. The molecule has 11 nitrogen and oxygen atoms in total. The van der Waals surface area contributed by atoms with Gasteiger partial charge in [0.2, 0.25) is 0 Å². The van der Waals surface area contributed by atoms with Crippen LogP contribution in [0.2, 0.25) is 0 Å². The molecule has 3 aromatic rings. The molecule has 2 amide bonds. The molecule has 1 saturated heterocycles. The molecule has 2 aliphatic rings. The molecule has 2 fully saturated rings. The zero-order valence-electron chi connectivity index (χ0n) is 22.9. The highest BCUT2D eigenvalue weighted by molar-refractivity contribution is 5.94. The third kappa shape index (κ3) is 5.64. The Balaban J connectivity index is 1.56. The van der Waals surface area contributed by atoms with E-state index in [1.165, 1.54) is 12.1 Å². The maximum atomic E-state index is 14.9. The fourth-order valence-corrected chi connectivity index (χ4v) is 4.98. The van der Waals surface area contributed by atoms with Crippen LogP contribution in [-0.2, 0) is 11.3 Å². The lowest BCUT2D eigenvalue weighted by molar-refractivity contribution is 0.123. The van der Waals surface area contributed by atoms with Crippen LogP contribution >= 0.6 is 0 Å². The fraction of sp³-hybridized carbons (Fsp3) is 0.481. The summed E-state index contributed by atoms with van der Waals surface area (Å²) in [5, 5.41) is 10.2. The molecule has 1 saturated carbocycles. The van der Waals surface area contributed by atoms with E-state index >= 15 is 0 Å². The Morgan fingerprint density at radius 3 is 2.50 bits per heavy atom. The number of hydrogen-bond donors (Lipinski definition) is 3. The van der Waals surface area contributed by atoms with E-state index in [4.69, 9.17) is 20.3 Å². The normalized spacial score (nSPS) is 15.3. The second-order valence-electron chi connectivity index (χ2n) is 9.80. The minimum atomic E-state index is -0.705. The molecule has 13 heteroatoms. The van der Waals surface area contributed by atoms with Gasteiger partial charge < -0.3 is 25.4 Å². The van der Waals surface area contributed by atoms with Crippen molar-refractivity contribution >= 4 is 23.4 Å². The van der Waals surface area contributed by atoms with E-state index in [0.717, 1.165) is 24.1 Å². The van der Waals surface area contributed by atoms with Gasteiger partial charge in [0.05, 0.1) is 26.4 Å². The topological polar surface area (TPSA) is 132 Å². The first kappa shape index (κ1) is 27.6. The lowest BCUT2D eigenvalue weighted by atomic mass is 10.1. The summed E-state index contributed by atoms with van der Waals surface area (Å²) in [4.78, 5) is 23.7. The minimum absolute atomic E-state index is 0.109. The van der Waals surface area contributed by atoms with Gasteiger partial charge in [0.1, 0.15) is 28.8 Å². The zero-order valence-corrected chi connectivity index (χ0v) is 22.9. The summed E-state index contributed by atoms with van der Waals surface area (Å²) in [5.41, 5.74) is 8.97. The van der Waals surface area contributed by atoms with Crippen molar-refractivity contribution in [3.63, 3.8) is 0 Å². The Bertz CT molecular complexity index is 1380. The molecule has 2 aromatic heterocycles. The molecule has 3 heterocycles. The Morgan fingerprint density at radius 2 is 1.88 bits per heavy atom. The van der Waals surface area contributed by atoms with Gasteiger partial charge in [0, 0.05) is 54.5 Å². The molecular formula is C27H34F2N8O3. The number of benzene rings is 1. The van der Waals surface area contributed by atoms with Gasteiger partial charge in [-0.2, -0.15) is 5.10 Å². The van der Waals surface area contributed by atoms with E-state index in [1.807, 2.05) is 18.7 Å². The number of morpholine rings is 1. The highest BCUT2D eigenvalue weighted by Crippen LogP contribution is 2.44. The van der Waals surface area contributed by atoms with Crippen LogP contribution in [0, 0.1) is 18.6 Å². The van der Waals surface area contributed by atoms with Gasteiger partial charge in [-0.25, -0.2) is 23.5 Å². The van der Waals surface area contributed by atoms with Crippen LogP contribution in [0.5, 0.6) is 5.75 Å². The monoisotopic (exact) mass is 556 g/mol. The van der Waals surface area contributed by atoms with Crippen molar-refractivity contribution < 1.29 is 23.0 Å². The number of nitrogen functional groups attached to an aromatic ring is 1. The number of amides is 2. The van der Waals surface area contributed by atoms with Gasteiger partial charge >= 0.3 is 6.03 Å². The van der Waals surface area contributed by atoms with E-state index in [2.05, 4.69) is 20.6 Å². The van der Waals surface area contributed by atoms with Gasteiger partial charge in [0.15, 0.2) is 17.5 Å². The Kier molecular flexibility index (Phi) is 8.01. The van der Waals surface area contributed by atoms with E-state index in [0.29, 0.717) is 50.8 Å². The number of ether oxygens (including phenoxy) is 2. The number of urea groups is 1. The molecule has 0 atom stereocenters. The average molecular weight is 557 g/mol. The van der Waals surface area contributed by atoms with Crippen molar-refractivity contribution in [2.75, 3.05) is 55.4 Å². The Hall–Kier alpha value is -4.00. The highest BCUT2D eigenvalue weighted by Gasteiger charge is 2.33. The van der Waals surface area contributed by atoms with Crippen molar-refractivity contribution in [3.05, 3.63) is 40.6 Å². The van der Waals surface area contributed by atoms with Crippen molar-refractivity contribution in [1.82, 2.24) is 25.1 Å². The molecule has 5 rings (SSSR count). The van der Waals surface area contributed by atoms with Crippen LogP contribution < -0.4 is 26.0 Å². The molecule has 0 bridgehead atoms. The summed E-state index contributed by atoms with van der Waals surface area (Å²) in [7, 11) is 0. The molecule has 214 valence electrons. The number of nitrogens with zero attached hydrogens (tertiary/aromatic N) is 5. The van der Waals surface area contributed by atoms with Crippen LogP contribution in [0.15, 0.2) is 12.1 Å². The van der Waals surface area contributed by atoms with E-state index < -0.39 is 17.7 Å². The van der Waals surface area contributed by atoms with E-state index in [-0.39, 0.29) is 41.2 Å². The van der Waals surface area contributed by atoms with Crippen LogP contribution in [0.25, 0.3) is 11.5 Å². The fourth-order valence-electron chi connectivity index (χ4n) is 4.98. The largest absolute Gasteiger partial charge is 0.494 e. The van der Waals surface area contributed by atoms with E-state index in [9.17, 15) is 13.6 Å². The number of carbonyl (C=O) groups is 1. The van der Waals surface area contributed by atoms with Crippen LogP contribution in [0.4, 0.5) is 30.9 Å². The summed E-state index contributed by atoms with van der Waals surface area (Å²) < 4.78 is 42.2. The summed E-state index contributed by atoms with van der Waals surface area (Å²) in [6.45, 7) is 8.22. The molecule has 0 radical (unpaired) electrons. The highest BCUT2D eigenvalue weighted by atomic mass is 19.1. The number of halogens is 2. The number of aromatic nitrogens is 4. The Morgan fingerprint density at radius 1 is 1.18 bits per heavy atom. The summed E-state index contributed by atoms with van der Waals surface area (Å²) >= 11 is 0. The number of nitrogens with two attached hydrogens (primary N) is 1. The average Bonchev–Trinajstić information content (AvgIpc) is 3.69. The van der Waals surface area contributed by atoms with Crippen molar-refractivity contribution in [3.8, 4) is 17.3 Å². The molecular weight excluding hydrogens is 522 g/mol. The quantitative estimate of drug-likeness (QED) is 0.363. The van der Waals surface area contributed by atoms with Crippen molar-refractivity contribution in [1.29, 1.82) is 0 Å². The Labute approximate surface area is 231 Å². The SMILES string of the molecule is CCNC(=O)Nc1nc(-c2nn(Cc3c(F)cc(OCC)cc3F)c(C3CC3)c2C)nc(N)c1N1CCOCC1. The van der Waals surface area contributed by atoms with Crippen molar-refractivity contribution in [2.45, 2.75) is 46.1 Å². The molecule has 1 aliphatic heterocycles. The maximum absolute atomic E-state index is 14.9. The lowest BCUT2D eigenvalue weighted by Crippen LogP contribution is -2.38. The molecule has 1 aromatic carbocycles. The van der Waals surface area contributed by atoms with Crippen molar-refractivity contribution in [2.24, 2.45) is 0 Å². The van der Waals surface area contributed by atoms with Gasteiger partial charge in [-0.15, -0.1) is 0 Å². The molecule has 0 unspecified atom stereocenters. The standard InChI is InChI=1S/C27H34F2N8O3/c1-4-31-27(38)34-26-23(36-8-10-39-11-9-36)24(30)32-25(33-26)21-15(3)22(16-6-7-16)37(35-21)14-18-19(28)12-17(40-5-2)13-20(18)29/h12-13,16H,4-11,14H2,1-3H3,(H4,30,31,32,33,34,38). The predicted octanol–water partition coefficient (Wildman–Crippen LogP) is 3.81. The zero-order chi connectivity index (χ0) is 28.4. The summed E-state index contributed by atoms with van der Waals surface area (Å²) in [6, 6.07) is 1.94. The van der Waals surface area contributed by atoms with Gasteiger partial charge in [-0.3, -0.25) is 10.00 Å². The molecule has 1 aliphatic carbocycles.